The van der Waals surface area contributed by atoms with Gasteiger partial charge in [0.15, 0.2) is 5.76 Å². The topological polar surface area (TPSA) is 18.5 Å². The Hall–Kier alpha value is -1.36. The van der Waals surface area contributed by atoms with Crippen LogP contribution < -0.4 is 0 Å². The summed E-state index contributed by atoms with van der Waals surface area (Å²) in [6.07, 6.45) is 1.93. The van der Waals surface area contributed by atoms with E-state index in [1.54, 1.807) is 14.2 Å². The Kier molecular flexibility index (Phi) is 6.37. The molecule has 0 aliphatic carbocycles. The Labute approximate surface area is 93.0 Å². The molecule has 2 heteroatoms. The van der Waals surface area contributed by atoms with Crippen molar-refractivity contribution >= 4 is 0 Å². The Balaban J connectivity index is 5.16. The quantitative estimate of drug-likeness (QED) is 0.401. The van der Waals surface area contributed by atoms with E-state index in [2.05, 4.69) is 25.7 Å². The van der Waals surface area contributed by atoms with E-state index in [4.69, 9.17) is 9.47 Å². The molecule has 0 N–H and O–H groups in total. The molecule has 0 aromatic heterocycles. The SMILES string of the molecule is CC#C/C(=C/C(OC)=C(\C)OC)C(C)C. The fourth-order valence-corrected chi connectivity index (χ4v) is 1.04. The first kappa shape index (κ1) is 13.6. The molecular weight excluding hydrogens is 188 g/mol. The number of allylic oxidation sites excluding steroid dienone is 3. The van der Waals surface area contributed by atoms with Crippen molar-refractivity contribution in [1.82, 2.24) is 0 Å². The Morgan fingerprint density at radius 1 is 1.20 bits per heavy atom. The molecule has 0 spiro atoms. The molecule has 0 rings (SSSR count). The molecule has 2 nitrogen and oxygen atoms in total. The largest absolute Gasteiger partial charge is 0.498 e. The lowest BCUT2D eigenvalue weighted by molar-refractivity contribution is 0.232. The van der Waals surface area contributed by atoms with E-state index in [9.17, 15) is 0 Å². The maximum absolute atomic E-state index is 5.24. The molecule has 0 radical (unpaired) electrons. The number of hydrogen-bond donors (Lipinski definition) is 0. The highest BCUT2D eigenvalue weighted by molar-refractivity contribution is 5.35. The van der Waals surface area contributed by atoms with Crippen LogP contribution in [0.25, 0.3) is 0 Å². The standard InChI is InChI=1S/C13H20O2/c1-7-8-12(10(2)3)9-13(15-6)11(4)14-5/h9-10H,1-6H3/b12-9-,13-11-. The van der Waals surface area contributed by atoms with Crippen LogP contribution >= 0.6 is 0 Å². The lowest BCUT2D eigenvalue weighted by atomic mass is 10.0. The van der Waals surface area contributed by atoms with E-state index in [1.165, 1.54) is 0 Å². The second-order valence-corrected chi connectivity index (χ2v) is 3.46. The number of methoxy groups -OCH3 is 2. The molecule has 0 aliphatic rings. The normalized spacial score (nSPS) is 12.9. The lowest BCUT2D eigenvalue weighted by Gasteiger charge is -2.09. The van der Waals surface area contributed by atoms with Gasteiger partial charge >= 0.3 is 0 Å². The second kappa shape index (κ2) is 7.00. The molecule has 0 atom stereocenters. The molecule has 0 unspecified atom stereocenters. The van der Waals surface area contributed by atoms with Gasteiger partial charge in [-0.05, 0) is 25.8 Å². The minimum absolute atomic E-state index is 0.382. The van der Waals surface area contributed by atoms with Gasteiger partial charge in [-0.3, -0.25) is 0 Å². The van der Waals surface area contributed by atoms with Gasteiger partial charge in [0.05, 0.1) is 14.2 Å². The summed E-state index contributed by atoms with van der Waals surface area (Å²) in [6.45, 7) is 7.90. The Morgan fingerprint density at radius 3 is 2.13 bits per heavy atom. The van der Waals surface area contributed by atoms with Gasteiger partial charge in [-0.1, -0.05) is 19.8 Å². The van der Waals surface area contributed by atoms with Crippen molar-refractivity contribution < 1.29 is 9.47 Å². The van der Waals surface area contributed by atoms with Gasteiger partial charge in [0, 0.05) is 5.57 Å². The zero-order valence-electron chi connectivity index (χ0n) is 10.5. The van der Waals surface area contributed by atoms with E-state index in [1.807, 2.05) is 19.9 Å². The zero-order valence-corrected chi connectivity index (χ0v) is 10.5. The molecule has 0 bridgehead atoms. The van der Waals surface area contributed by atoms with Crippen molar-refractivity contribution in [2.45, 2.75) is 27.7 Å². The molecule has 15 heavy (non-hydrogen) atoms. The molecule has 0 amide bonds. The average Bonchev–Trinajstić information content (AvgIpc) is 2.22. The molecule has 0 aromatic rings. The fourth-order valence-electron chi connectivity index (χ4n) is 1.04. The summed E-state index contributed by atoms with van der Waals surface area (Å²) >= 11 is 0. The van der Waals surface area contributed by atoms with Gasteiger partial charge in [0.2, 0.25) is 0 Å². The summed E-state index contributed by atoms with van der Waals surface area (Å²) in [5.41, 5.74) is 1.05. The smallest absolute Gasteiger partial charge is 0.157 e. The highest BCUT2D eigenvalue weighted by Crippen LogP contribution is 2.15. The van der Waals surface area contributed by atoms with Crippen molar-refractivity contribution in [3.63, 3.8) is 0 Å². The van der Waals surface area contributed by atoms with Crippen molar-refractivity contribution in [2.24, 2.45) is 5.92 Å². The van der Waals surface area contributed by atoms with Crippen molar-refractivity contribution in [3.8, 4) is 11.8 Å². The highest BCUT2D eigenvalue weighted by atomic mass is 16.5. The van der Waals surface area contributed by atoms with Crippen LogP contribution in [0.1, 0.15) is 27.7 Å². The number of rotatable bonds is 4. The number of ether oxygens (including phenoxy) is 2. The zero-order chi connectivity index (χ0) is 11.8. The van der Waals surface area contributed by atoms with E-state index in [0.717, 1.165) is 17.1 Å². The van der Waals surface area contributed by atoms with Crippen LogP contribution in [0.4, 0.5) is 0 Å². The van der Waals surface area contributed by atoms with E-state index in [0.29, 0.717) is 5.92 Å². The first-order chi connectivity index (χ1) is 7.06. The van der Waals surface area contributed by atoms with Crippen LogP contribution in [0.5, 0.6) is 0 Å². The van der Waals surface area contributed by atoms with Crippen LogP contribution in [0, 0.1) is 17.8 Å². The van der Waals surface area contributed by atoms with Gasteiger partial charge in [-0.25, -0.2) is 0 Å². The third kappa shape index (κ3) is 4.60. The molecule has 84 valence electrons. The predicted molar refractivity (Wildman–Crippen MR) is 63.1 cm³/mol. The van der Waals surface area contributed by atoms with Gasteiger partial charge < -0.3 is 9.47 Å². The summed E-state index contributed by atoms with van der Waals surface area (Å²) in [7, 11) is 3.26. The predicted octanol–water partition coefficient (Wildman–Crippen LogP) is 3.12. The van der Waals surface area contributed by atoms with Crippen LogP contribution in [0.3, 0.4) is 0 Å². The van der Waals surface area contributed by atoms with Crippen LogP contribution in [-0.2, 0) is 9.47 Å². The average molecular weight is 208 g/mol. The van der Waals surface area contributed by atoms with E-state index in [-0.39, 0.29) is 0 Å². The lowest BCUT2D eigenvalue weighted by Crippen LogP contribution is -1.96. The molecule has 0 saturated heterocycles. The molecule has 0 saturated carbocycles. The van der Waals surface area contributed by atoms with Gasteiger partial charge in [0.1, 0.15) is 5.76 Å². The fraction of sp³-hybridized carbons (Fsp3) is 0.538. The molecule has 0 aliphatic heterocycles. The molecular formula is C13H20O2. The van der Waals surface area contributed by atoms with E-state index < -0.39 is 0 Å². The van der Waals surface area contributed by atoms with Crippen LogP contribution in [-0.4, -0.2) is 14.2 Å². The van der Waals surface area contributed by atoms with Crippen LogP contribution in [0.2, 0.25) is 0 Å². The molecule has 0 fully saturated rings. The monoisotopic (exact) mass is 208 g/mol. The van der Waals surface area contributed by atoms with E-state index >= 15 is 0 Å². The van der Waals surface area contributed by atoms with Gasteiger partial charge in [0.25, 0.3) is 0 Å². The minimum atomic E-state index is 0.382. The summed E-state index contributed by atoms with van der Waals surface area (Å²) < 4.78 is 10.4. The van der Waals surface area contributed by atoms with Gasteiger partial charge in [-0.2, -0.15) is 0 Å². The van der Waals surface area contributed by atoms with Gasteiger partial charge in [-0.15, -0.1) is 5.92 Å². The summed E-state index contributed by atoms with van der Waals surface area (Å²) in [5.74, 6) is 7.83. The van der Waals surface area contributed by atoms with Crippen LogP contribution in [0.15, 0.2) is 23.2 Å². The minimum Gasteiger partial charge on any atom is -0.498 e. The Bertz CT molecular complexity index is 311. The Morgan fingerprint density at radius 2 is 1.80 bits per heavy atom. The van der Waals surface area contributed by atoms with Crippen molar-refractivity contribution in [2.75, 3.05) is 14.2 Å². The maximum Gasteiger partial charge on any atom is 0.157 e. The summed E-state index contributed by atoms with van der Waals surface area (Å²) in [6, 6.07) is 0. The number of hydrogen-bond acceptors (Lipinski definition) is 2. The summed E-state index contributed by atoms with van der Waals surface area (Å²) in [5, 5.41) is 0. The molecule has 0 heterocycles. The third-order valence-corrected chi connectivity index (χ3v) is 2.05. The van der Waals surface area contributed by atoms with Crippen molar-refractivity contribution in [3.05, 3.63) is 23.2 Å². The highest BCUT2D eigenvalue weighted by Gasteiger charge is 2.04. The maximum atomic E-state index is 5.24. The first-order valence-corrected chi connectivity index (χ1v) is 5.00. The summed E-state index contributed by atoms with van der Waals surface area (Å²) in [4.78, 5) is 0. The molecule has 0 aromatic carbocycles. The second-order valence-electron chi connectivity index (χ2n) is 3.46. The third-order valence-electron chi connectivity index (χ3n) is 2.05. The van der Waals surface area contributed by atoms with Crippen molar-refractivity contribution in [1.29, 1.82) is 0 Å². The first-order valence-electron chi connectivity index (χ1n) is 5.00.